The first kappa shape index (κ1) is 15.3. The lowest BCUT2D eigenvalue weighted by Crippen LogP contribution is -2.14. The van der Waals surface area contributed by atoms with E-state index in [1.807, 2.05) is 0 Å². The van der Waals surface area contributed by atoms with Crippen molar-refractivity contribution in [3.05, 3.63) is 52.5 Å². The third kappa shape index (κ3) is 3.25. The van der Waals surface area contributed by atoms with E-state index in [1.165, 1.54) is 18.5 Å². The number of nitrogen functional groups attached to an aromatic ring is 1. The van der Waals surface area contributed by atoms with Crippen LogP contribution < -0.4 is 11.1 Å². The number of nitrogens with two attached hydrogens (primary N) is 1. The van der Waals surface area contributed by atoms with E-state index >= 15 is 0 Å². The van der Waals surface area contributed by atoms with Crippen molar-refractivity contribution in [2.75, 3.05) is 11.1 Å². The van der Waals surface area contributed by atoms with Crippen molar-refractivity contribution in [2.45, 2.75) is 0 Å². The van der Waals surface area contributed by atoms with Crippen molar-refractivity contribution in [3.8, 4) is 11.3 Å². The van der Waals surface area contributed by atoms with Crippen LogP contribution in [0.25, 0.3) is 11.3 Å². The summed E-state index contributed by atoms with van der Waals surface area (Å²) in [5.74, 6) is -0.203. The molecule has 116 valence electrons. The Balaban J connectivity index is 1.89. The molecule has 0 aliphatic rings. The van der Waals surface area contributed by atoms with Crippen molar-refractivity contribution >= 4 is 40.7 Å². The van der Waals surface area contributed by atoms with Gasteiger partial charge in [-0.25, -0.2) is 9.97 Å². The predicted octanol–water partition coefficient (Wildman–Crippen LogP) is 3.27. The molecule has 0 bridgehead atoms. The van der Waals surface area contributed by atoms with Gasteiger partial charge in [0.1, 0.15) is 12.0 Å². The molecule has 0 aliphatic carbocycles. The summed E-state index contributed by atoms with van der Waals surface area (Å²) in [6, 6.07) is 6.36. The molecular formula is C14H9Cl2N5O2. The van der Waals surface area contributed by atoms with Crippen LogP contribution in [-0.2, 0) is 0 Å². The first-order chi connectivity index (χ1) is 11.0. The molecule has 0 radical (unpaired) electrons. The highest BCUT2D eigenvalue weighted by molar-refractivity contribution is 6.35. The summed E-state index contributed by atoms with van der Waals surface area (Å²) in [5.41, 5.74) is 6.95. The van der Waals surface area contributed by atoms with Crippen molar-refractivity contribution in [1.82, 2.24) is 15.1 Å². The molecule has 2 aromatic heterocycles. The summed E-state index contributed by atoms with van der Waals surface area (Å²) >= 11 is 12.1. The molecule has 7 nitrogen and oxygen atoms in total. The normalized spacial score (nSPS) is 10.5. The molecule has 3 aromatic rings. The number of nitrogens with one attached hydrogen (secondary N) is 1. The molecule has 0 unspecified atom stereocenters. The number of benzene rings is 1. The number of nitrogens with zero attached hydrogens (tertiary/aromatic N) is 3. The van der Waals surface area contributed by atoms with Gasteiger partial charge < -0.3 is 15.6 Å². The molecular weight excluding hydrogens is 341 g/mol. The number of anilines is 2. The molecule has 0 fully saturated rings. The molecule has 0 saturated heterocycles. The Hall–Kier alpha value is -2.64. The standard InChI is InChI=1S/C14H9Cl2N5O2/c15-7-1-2-9(16)8(5-7)12-13(17)19-11(6-18-12)20-14(22)10-3-4-23-21-10/h1-6H,(H3,17,19,20,22). The Morgan fingerprint density at radius 3 is 2.78 bits per heavy atom. The Kier molecular flexibility index (Phi) is 4.14. The van der Waals surface area contributed by atoms with Gasteiger partial charge in [0.05, 0.1) is 11.2 Å². The monoisotopic (exact) mass is 349 g/mol. The summed E-state index contributed by atoms with van der Waals surface area (Å²) < 4.78 is 4.60. The van der Waals surface area contributed by atoms with Crippen LogP contribution in [-0.4, -0.2) is 21.0 Å². The van der Waals surface area contributed by atoms with E-state index in [9.17, 15) is 4.79 Å². The third-order valence-electron chi connectivity index (χ3n) is 2.90. The van der Waals surface area contributed by atoms with Crippen LogP contribution in [0.2, 0.25) is 10.0 Å². The zero-order chi connectivity index (χ0) is 16.4. The fourth-order valence-corrected chi connectivity index (χ4v) is 2.24. The minimum absolute atomic E-state index is 0.104. The molecule has 1 amide bonds. The smallest absolute Gasteiger partial charge is 0.279 e. The minimum atomic E-state index is -0.485. The van der Waals surface area contributed by atoms with E-state index < -0.39 is 5.91 Å². The highest BCUT2D eigenvalue weighted by Crippen LogP contribution is 2.32. The van der Waals surface area contributed by atoms with Gasteiger partial charge in [-0.2, -0.15) is 0 Å². The SMILES string of the molecule is Nc1nc(NC(=O)c2ccon2)cnc1-c1cc(Cl)ccc1Cl. The van der Waals surface area contributed by atoms with Crippen LogP contribution in [0.4, 0.5) is 11.6 Å². The number of hydrogen-bond acceptors (Lipinski definition) is 6. The second-order valence-electron chi connectivity index (χ2n) is 4.45. The maximum Gasteiger partial charge on any atom is 0.279 e. The number of aromatic nitrogens is 3. The number of halogens is 2. The molecule has 0 aliphatic heterocycles. The van der Waals surface area contributed by atoms with Crippen LogP contribution in [0.1, 0.15) is 10.5 Å². The average molecular weight is 350 g/mol. The van der Waals surface area contributed by atoms with Gasteiger partial charge in [-0.1, -0.05) is 28.4 Å². The Labute approximate surface area is 140 Å². The van der Waals surface area contributed by atoms with Gasteiger partial charge in [-0.15, -0.1) is 0 Å². The highest BCUT2D eigenvalue weighted by Gasteiger charge is 2.14. The molecule has 0 saturated carbocycles. The summed E-state index contributed by atoms with van der Waals surface area (Å²) in [5, 5.41) is 6.97. The van der Waals surface area contributed by atoms with Crippen molar-refractivity contribution < 1.29 is 9.32 Å². The fourth-order valence-electron chi connectivity index (χ4n) is 1.86. The number of hydrogen-bond donors (Lipinski definition) is 2. The molecule has 9 heteroatoms. The van der Waals surface area contributed by atoms with Crippen LogP contribution in [0, 0.1) is 0 Å². The van der Waals surface area contributed by atoms with E-state index in [2.05, 4.69) is 25.0 Å². The first-order valence-corrected chi connectivity index (χ1v) is 7.10. The van der Waals surface area contributed by atoms with Crippen molar-refractivity contribution in [3.63, 3.8) is 0 Å². The van der Waals surface area contributed by atoms with Crippen molar-refractivity contribution in [2.24, 2.45) is 0 Å². The van der Waals surface area contributed by atoms with E-state index in [4.69, 9.17) is 28.9 Å². The average Bonchev–Trinajstić information content (AvgIpc) is 3.05. The van der Waals surface area contributed by atoms with E-state index in [1.54, 1.807) is 18.2 Å². The van der Waals surface area contributed by atoms with Gasteiger partial charge in [0.25, 0.3) is 5.91 Å². The molecule has 0 atom stereocenters. The zero-order valence-corrected chi connectivity index (χ0v) is 13.0. The van der Waals surface area contributed by atoms with Gasteiger partial charge >= 0.3 is 0 Å². The second kappa shape index (κ2) is 6.23. The Morgan fingerprint density at radius 2 is 2.09 bits per heavy atom. The summed E-state index contributed by atoms with van der Waals surface area (Å²) in [6.45, 7) is 0. The van der Waals surface area contributed by atoms with E-state index in [0.29, 0.717) is 21.3 Å². The van der Waals surface area contributed by atoms with Crippen LogP contribution >= 0.6 is 23.2 Å². The first-order valence-electron chi connectivity index (χ1n) is 6.34. The van der Waals surface area contributed by atoms with E-state index in [0.717, 1.165) is 0 Å². The van der Waals surface area contributed by atoms with Crippen LogP contribution in [0.5, 0.6) is 0 Å². The minimum Gasteiger partial charge on any atom is -0.382 e. The fraction of sp³-hybridized carbons (Fsp3) is 0. The van der Waals surface area contributed by atoms with Crippen LogP contribution in [0.3, 0.4) is 0 Å². The number of carbonyl (C=O) groups is 1. The molecule has 2 heterocycles. The van der Waals surface area contributed by atoms with Crippen LogP contribution in [0.15, 0.2) is 41.2 Å². The Morgan fingerprint density at radius 1 is 1.26 bits per heavy atom. The quantitative estimate of drug-likeness (QED) is 0.751. The maximum atomic E-state index is 11.9. The summed E-state index contributed by atoms with van der Waals surface area (Å²) in [4.78, 5) is 20.1. The highest BCUT2D eigenvalue weighted by atomic mass is 35.5. The number of carbonyl (C=O) groups excluding carboxylic acids is 1. The zero-order valence-electron chi connectivity index (χ0n) is 11.5. The van der Waals surface area contributed by atoms with Gasteiger partial charge in [-0.05, 0) is 18.2 Å². The van der Waals surface area contributed by atoms with Gasteiger partial charge in [0, 0.05) is 16.7 Å². The number of rotatable bonds is 3. The number of amides is 1. The Bertz CT molecular complexity index is 868. The lowest BCUT2D eigenvalue weighted by molar-refractivity contribution is 0.101. The molecule has 1 aromatic carbocycles. The summed E-state index contributed by atoms with van der Waals surface area (Å²) in [7, 11) is 0. The van der Waals surface area contributed by atoms with Gasteiger partial charge in [-0.3, -0.25) is 4.79 Å². The topological polar surface area (TPSA) is 107 Å². The molecule has 23 heavy (non-hydrogen) atoms. The molecule has 0 spiro atoms. The lowest BCUT2D eigenvalue weighted by atomic mass is 10.1. The third-order valence-corrected chi connectivity index (χ3v) is 3.46. The maximum absolute atomic E-state index is 11.9. The van der Waals surface area contributed by atoms with Gasteiger partial charge in [0.15, 0.2) is 17.3 Å². The largest absolute Gasteiger partial charge is 0.382 e. The molecule has 3 rings (SSSR count). The van der Waals surface area contributed by atoms with Crippen molar-refractivity contribution in [1.29, 1.82) is 0 Å². The predicted molar refractivity (Wildman–Crippen MR) is 86.4 cm³/mol. The lowest BCUT2D eigenvalue weighted by Gasteiger charge is -2.09. The van der Waals surface area contributed by atoms with E-state index in [-0.39, 0.29) is 17.3 Å². The molecule has 3 N–H and O–H groups in total. The summed E-state index contributed by atoms with van der Waals surface area (Å²) in [6.07, 6.45) is 2.65. The second-order valence-corrected chi connectivity index (χ2v) is 5.30. The van der Waals surface area contributed by atoms with Gasteiger partial charge in [0.2, 0.25) is 0 Å².